The zero-order chi connectivity index (χ0) is 25.2. The molecule has 4 rings (SSSR count). The Morgan fingerprint density at radius 1 is 0.861 bits per heavy atom. The number of carbonyl (C=O) groups excluding carboxylic acids is 2. The number of hydrogen-bond acceptors (Lipinski definition) is 5. The maximum atomic E-state index is 12.9. The molecule has 0 saturated carbocycles. The van der Waals surface area contributed by atoms with Crippen LogP contribution in [0, 0.1) is 0 Å². The number of rotatable bonds is 9. The van der Waals surface area contributed by atoms with Gasteiger partial charge in [-0.3, -0.25) is 14.9 Å². The summed E-state index contributed by atoms with van der Waals surface area (Å²) >= 11 is 5.32. The van der Waals surface area contributed by atoms with E-state index in [-0.39, 0.29) is 17.6 Å². The molecule has 0 saturated heterocycles. The molecule has 0 fully saturated rings. The van der Waals surface area contributed by atoms with Crippen LogP contribution in [0.25, 0.3) is 0 Å². The number of ether oxygens (including phenoxy) is 1. The van der Waals surface area contributed by atoms with Crippen molar-refractivity contribution in [2.75, 3.05) is 11.9 Å². The molecule has 1 aromatic heterocycles. The lowest BCUT2D eigenvalue weighted by Crippen LogP contribution is -2.34. The summed E-state index contributed by atoms with van der Waals surface area (Å²) in [4.78, 5) is 25.3. The molecule has 0 radical (unpaired) electrons. The highest BCUT2D eigenvalue weighted by Gasteiger charge is 2.14. The van der Waals surface area contributed by atoms with Gasteiger partial charge in [0, 0.05) is 17.7 Å². The van der Waals surface area contributed by atoms with Gasteiger partial charge in [0.1, 0.15) is 11.5 Å². The van der Waals surface area contributed by atoms with Crippen molar-refractivity contribution in [3.8, 4) is 5.75 Å². The minimum Gasteiger partial charge on any atom is -0.492 e. The summed E-state index contributed by atoms with van der Waals surface area (Å²) in [6.45, 7) is 0.719. The minimum absolute atomic E-state index is 0.104. The van der Waals surface area contributed by atoms with Crippen molar-refractivity contribution in [2.45, 2.75) is 13.0 Å². The van der Waals surface area contributed by atoms with E-state index in [0.717, 1.165) is 12.0 Å². The quantitative estimate of drug-likeness (QED) is 0.282. The van der Waals surface area contributed by atoms with Crippen molar-refractivity contribution in [2.24, 2.45) is 0 Å². The van der Waals surface area contributed by atoms with Crippen molar-refractivity contribution in [1.82, 2.24) is 10.6 Å². The maximum absolute atomic E-state index is 12.9. The Kier molecular flexibility index (Phi) is 8.45. The highest BCUT2D eigenvalue weighted by atomic mass is 32.1. The number of anilines is 1. The summed E-state index contributed by atoms with van der Waals surface area (Å²) in [6, 6.07) is 27.4. The molecule has 7 nitrogen and oxygen atoms in total. The number of amides is 2. The van der Waals surface area contributed by atoms with Crippen molar-refractivity contribution in [3.63, 3.8) is 0 Å². The first-order chi connectivity index (χ1) is 17.6. The zero-order valence-electron chi connectivity index (χ0n) is 19.4. The van der Waals surface area contributed by atoms with Gasteiger partial charge in [0.25, 0.3) is 11.8 Å². The second-order valence-corrected chi connectivity index (χ2v) is 8.24. The molecular weight excluding hydrogens is 474 g/mol. The van der Waals surface area contributed by atoms with E-state index in [4.69, 9.17) is 21.4 Å². The van der Waals surface area contributed by atoms with E-state index >= 15 is 0 Å². The second-order valence-electron chi connectivity index (χ2n) is 7.83. The third-order valence-electron chi connectivity index (χ3n) is 5.24. The Balaban J connectivity index is 1.31. The maximum Gasteiger partial charge on any atom is 0.261 e. The summed E-state index contributed by atoms with van der Waals surface area (Å²) in [5.41, 5.74) is 2.54. The third-order valence-corrected chi connectivity index (χ3v) is 5.44. The average Bonchev–Trinajstić information content (AvgIpc) is 3.42. The first kappa shape index (κ1) is 24.7. The van der Waals surface area contributed by atoms with Crippen LogP contribution in [0.3, 0.4) is 0 Å². The SMILES string of the molecule is O=C(NCc1ccco1)c1cccc(NC(=S)NC(=O)c2ccccc2OCCc2ccccc2)c1. The molecule has 4 aromatic rings. The lowest BCUT2D eigenvalue weighted by molar-refractivity contribution is 0.0945. The van der Waals surface area contributed by atoms with Gasteiger partial charge in [0.2, 0.25) is 0 Å². The number of carbonyl (C=O) groups is 2. The molecule has 0 aliphatic carbocycles. The highest BCUT2D eigenvalue weighted by molar-refractivity contribution is 7.80. The van der Waals surface area contributed by atoms with Gasteiger partial charge >= 0.3 is 0 Å². The van der Waals surface area contributed by atoms with E-state index in [1.54, 1.807) is 60.9 Å². The molecule has 3 N–H and O–H groups in total. The molecule has 0 spiro atoms. The molecule has 182 valence electrons. The van der Waals surface area contributed by atoms with E-state index in [1.165, 1.54) is 0 Å². The van der Waals surface area contributed by atoms with E-state index in [9.17, 15) is 9.59 Å². The number of para-hydroxylation sites is 1. The third kappa shape index (κ3) is 7.04. The Morgan fingerprint density at radius 3 is 2.47 bits per heavy atom. The van der Waals surface area contributed by atoms with Gasteiger partial charge in [0.05, 0.1) is 25.0 Å². The average molecular weight is 500 g/mol. The summed E-state index contributed by atoms with van der Waals surface area (Å²) < 4.78 is 11.1. The van der Waals surface area contributed by atoms with Crippen molar-refractivity contribution in [1.29, 1.82) is 0 Å². The van der Waals surface area contributed by atoms with E-state index in [0.29, 0.717) is 34.9 Å². The number of nitrogens with one attached hydrogen (secondary N) is 3. The van der Waals surface area contributed by atoms with Gasteiger partial charge in [-0.05, 0) is 60.2 Å². The normalized spacial score (nSPS) is 10.3. The van der Waals surface area contributed by atoms with Crippen LogP contribution >= 0.6 is 12.2 Å². The van der Waals surface area contributed by atoms with Gasteiger partial charge in [-0.2, -0.15) is 0 Å². The van der Waals surface area contributed by atoms with Gasteiger partial charge in [-0.25, -0.2) is 0 Å². The predicted octanol–water partition coefficient (Wildman–Crippen LogP) is 4.96. The molecule has 1 heterocycles. The molecule has 0 bridgehead atoms. The molecule has 2 amide bonds. The fraction of sp³-hybridized carbons (Fsp3) is 0.107. The fourth-order valence-corrected chi connectivity index (χ4v) is 3.67. The molecule has 36 heavy (non-hydrogen) atoms. The topological polar surface area (TPSA) is 92.6 Å². The highest BCUT2D eigenvalue weighted by Crippen LogP contribution is 2.19. The smallest absolute Gasteiger partial charge is 0.261 e. The first-order valence-corrected chi connectivity index (χ1v) is 11.8. The van der Waals surface area contributed by atoms with E-state index in [2.05, 4.69) is 16.0 Å². The Morgan fingerprint density at radius 2 is 1.67 bits per heavy atom. The van der Waals surface area contributed by atoms with Crippen LogP contribution in [0.5, 0.6) is 5.75 Å². The van der Waals surface area contributed by atoms with Gasteiger partial charge in [-0.15, -0.1) is 0 Å². The van der Waals surface area contributed by atoms with Crippen molar-refractivity contribution in [3.05, 3.63) is 120 Å². The number of thiocarbonyl (C=S) groups is 1. The molecule has 0 atom stereocenters. The lowest BCUT2D eigenvalue weighted by Gasteiger charge is -2.13. The largest absolute Gasteiger partial charge is 0.492 e. The van der Waals surface area contributed by atoms with Crippen LogP contribution in [0.4, 0.5) is 5.69 Å². The number of hydrogen-bond donors (Lipinski definition) is 3. The van der Waals surface area contributed by atoms with Crippen LogP contribution in [0.1, 0.15) is 32.0 Å². The predicted molar refractivity (Wildman–Crippen MR) is 142 cm³/mol. The van der Waals surface area contributed by atoms with Crippen LogP contribution in [-0.4, -0.2) is 23.5 Å². The molecular formula is C28H25N3O4S. The first-order valence-electron chi connectivity index (χ1n) is 11.4. The van der Waals surface area contributed by atoms with Gasteiger partial charge < -0.3 is 19.8 Å². The standard InChI is InChI=1S/C28H25N3O4S/c32-26(29-19-23-12-7-16-34-23)21-10-6-11-22(18-21)30-28(36)31-27(33)24-13-4-5-14-25(24)35-17-15-20-8-2-1-3-9-20/h1-14,16,18H,15,17,19H2,(H,29,32)(H2,30,31,33,36). The molecule has 0 unspecified atom stereocenters. The van der Waals surface area contributed by atoms with Crippen molar-refractivity contribution < 1.29 is 18.7 Å². The minimum atomic E-state index is -0.393. The summed E-state index contributed by atoms with van der Waals surface area (Å²) in [5, 5.41) is 8.52. The summed E-state index contributed by atoms with van der Waals surface area (Å²) in [5.74, 6) is 0.483. The summed E-state index contributed by atoms with van der Waals surface area (Å²) in [7, 11) is 0. The Labute approximate surface area is 214 Å². The number of furan rings is 1. The number of benzene rings is 3. The van der Waals surface area contributed by atoms with Crippen LogP contribution in [0.2, 0.25) is 0 Å². The van der Waals surface area contributed by atoms with E-state index in [1.807, 2.05) is 36.4 Å². The van der Waals surface area contributed by atoms with Crippen LogP contribution in [-0.2, 0) is 13.0 Å². The summed E-state index contributed by atoms with van der Waals surface area (Å²) in [6.07, 6.45) is 2.28. The Hall–Kier alpha value is -4.43. The Bertz CT molecular complexity index is 1320. The van der Waals surface area contributed by atoms with Gasteiger partial charge in [0.15, 0.2) is 5.11 Å². The van der Waals surface area contributed by atoms with Gasteiger partial charge in [-0.1, -0.05) is 48.5 Å². The fourth-order valence-electron chi connectivity index (χ4n) is 3.46. The zero-order valence-corrected chi connectivity index (χ0v) is 20.2. The van der Waals surface area contributed by atoms with Crippen LogP contribution < -0.4 is 20.7 Å². The monoisotopic (exact) mass is 499 g/mol. The van der Waals surface area contributed by atoms with Crippen LogP contribution in [0.15, 0.2) is 102 Å². The molecule has 0 aliphatic heterocycles. The molecule has 3 aromatic carbocycles. The van der Waals surface area contributed by atoms with E-state index < -0.39 is 5.91 Å². The molecule has 8 heteroatoms. The second kappa shape index (κ2) is 12.3. The molecule has 0 aliphatic rings. The lowest BCUT2D eigenvalue weighted by atomic mass is 10.1. The van der Waals surface area contributed by atoms with Crippen molar-refractivity contribution >= 4 is 34.8 Å².